The topological polar surface area (TPSA) is 38.3 Å². The van der Waals surface area contributed by atoms with Crippen molar-refractivity contribution >= 4 is 5.97 Å². The number of rotatable bonds is 3. The Hall–Kier alpha value is -0.570. The van der Waals surface area contributed by atoms with Gasteiger partial charge in [0, 0.05) is 0 Å². The van der Waals surface area contributed by atoms with Gasteiger partial charge in [-0.2, -0.15) is 0 Å². The first kappa shape index (κ1) is 9.43. The Labute approximate surface area is 61.8 Å². The first-order valence-electron chi connectivity index (χ1n) is 3.45. The maximum absolute atomic E-state index is 10.9. The molecule has 0 aromatic rings. The van der Waals surface area contributed by atoms with E-state index in [4.69, 9.17) is 4.74 Å². The summed E-state index contributed by atoms with van der Waals surface area (Å²) in [4.78, 5) is 10.9. The molecule has 0 spiro atoms. The van der Waals surface area contributed by atoms with E-state index < -0.39 is 0 Å². The van der Waals surface area contributed by atoms with E-state index in [2.05, 4.69) is 5.32 Å². The van der Waals surface area contributed by atoms with Crippen molar-refractivity contribution in [1.82, 2.24) is 5.32 Å². The molecule has 0 aliphatic heterocycles. The molecule has 0 fully saturated rings. The number of nitrogens with one attached hydrogen (secondary N) is 1. The summed E-state index contributed by atoms with van der Waals surface area (Å²) in [5, 5.41) is 2.80. The third kappa shape index (κ3) is 3.45. The van der Waals surface area contributed by atoms with Crippen LogP contribution in [0.4, 0.5) is 0 Å². The highest BCUT2D eigenvalue weighted by Gasteiger charge is 2.12. The van der Waals surface area contributed by atoms with Crippen molar-refractivity contribution in [3.05, 3.63) is 0 Å². The fourth-order valence-corrected chi connectivity index (χ4v) is 0.452. The van der Waals surface area contributed by atoms with Crippen LogP contribution in [0.3, 0.4) is 0 Å². The molecule has 0 amide bonds. The van der Waals surface area contributed by atoms with Crippen molar-refractivity contribution in [3.63, 3.8) is 0 Å². The predicted molar refractivity (Wildman–Crippen MR) is 39.7 cm³/mol. The molecule has 60 valence electrons. The minimum Gasteiger partial charge on any atom is -0.462 e. The maximum atomic E-state index is 10.9. The van der Waals surface area contributed by atoms with Crippen LogP contribution in [0.1, 0.15) is 20.8 Å². The van der Waals surface area contributed by atoms with E-state index >= 15 is 0 Å². The lowest BCUT2D eigenvalue weighted by molar-refractivity contribution is -0.149. The van der Waals surface area contributed by atoms with Gasteiger partial charge in [-0.3, -0.25) is 4.79 Å². The molecule has 10 heavy (non-hydrogen) atoms. The van der Waals surface area contributed by atoms with Crippen LogP contribution in [0.2, 0.25) is 0 Å². The molecule has 0 unspecified atom stereocenters. The van der Waals surface area contributed by atoms with E-state index in [1.54, 1.807) is 14.0 Å². The summed E-state index contributed by atoms with van der Waals surface area (Å²) in [6, 6.07) is -0.206. The van der Waals surface area contributed by atoms with Gasteiger partial charge in [0.25, 0.3) is 0 Å². The molecule has 0 radical (unpaired) electrons. The number of esters is 1. The second-order valence-corrected chi connectivity index (χ2v) is 2.50. The zero-order valence-corrected chi connectivity index (χ0v) is 6.97. The molecule has 3 heteroatoms. The molecule has 0 heterocycles. The number of likely N-dealkylation sites (N-methyl/N-ethyl adjacent to an activating group) is 1. The van der Waals surface area contributed by atoms with E-state index in [0.29, 0.717) is 0 Å². The fourth-order valence-electron chi connectivity index (χ4n) is 0.452. The number of carbonyl (C=O) groups is 1. The van der Waals surface area contributed by atoms with Gasteiger partial charge in [0.15, 0.2) is 0 Å². The summed E-state index contributed by atoms with van der Waals surface area (Å²) in [6.07, 6.45) is -0.0247. The first-order chi connectivity index (χ1) is 4.57. The quantitative estimate of drug-likeness (QED) is 0.589. The fraction of sp³-hybridized carbons (Fsp3) is 0.857. The van der Waals surface area contributed by atoms with Gasteiger partial charge >= 0.3 is 5.97 Å². The second kappa shape index (κ2) is 4.28. The van der Waals surface area contributed by atoms with Crippen LogP contribution >= 0.6 is 0 Å². The summed E-state index contributed by atoms with van der Waals surface area (Å²) in [5.74, 6) is -0.197. The number of carbonyl (C=O) groups excluding carboxylic acids is 1. The third-order valence-corrected chi connectivity index (χ3v) is 1.14. The molecule has 0 saturated heterocycles. The Balaban J connectivity index is 3.62. The number of ether oxygens (including phenoxy) is 1. The Morgan fingerprint density at radius 2 is 1.90 bits per heavy atom. The van der Waals surface area contributed by atoms with Gasteiger partial charge in [-0.05, 0) is 27.8 Å². The molecule has 3 nitrogen and oxygen atoms in total. The van der Waals surface area contributed by atoms with Crippen LogP contribution in [-0.2, 0) is 9.53 Å². The summed E-state index contributed by atoms with van der Waals surface area (Å²) >= 11 is 0. The third-order valence-electron chi connectivity index (χ3n) is 1.14. The number of hydrogen-bond donors (Lipinski definition) is 1. The average Bonchev–Trinajstić information content (AvgIpc) is 1.85. The summed E-state index contributed by atoms with van der Waals surface area (Å²) in [6.45, 7) is 5.44. The van der Waals surface area contributed by atoms with Crippen molar-refractivity contribution in [2.24, 2.45) is 0 Å². The molecule has 0 aromatic carbocycles. The van der Waals surface area contributed by atoms with E-state index in [0.717, 1.165) is 0 Å². The number of hydrogen-bond acceptors (Lipinski definition) is 3. The smallest absolute Gasteiger partial charge is 0.323 e. The second-order valence-electron chi connectivity index (χ2n) is 2.50. The SMILES string of the molecule is CN[C@@H](C)C(=O)OC(C)C. The monoisotopic (exact) mass is 145 g/mol. The minimum atomic E-state index is -0.206. The van der Waals surface area contributed by atoms with Crippen LogP contribution in [0.5, 0.6) is 0 Å². The Morgan fingerprint density at radius 3 is 2.20 bits per heavy atom. The van der Waals surface area contributed by atoms with Gasteiger partial charge < -0.3 is 10.1 Å². The molecular weight excluding hydrogens is 130 g/mol. The van der Waals surface area contributed by atoms with Crippen LogP contribution in [0, 0.1) is 0 Å². The molecule has 0 bridgehead atoms. The normalized spacial score (nSPS) is 13.3. The molecule has 0 aliphatic rings. The first-order valence-corrected chi connectivity index (χ1v) is 3.45. The lowest BCUT2D eigenvalue weighted by atomic mass is 10.3. The van der Waals surface area contributed by atoms with Gasteiger partial charge in [0.2, 0.25) is 0 Å². The highest BCUT2D eigenvalue weighted by molar-refractivity contribution is 5.75. The molecular formula is C7H15NO2. The summed E-state index contributed by atoms with van der Waals surface area (Å²) in [7, 11) is 1.73. The van der Waals surface area contributed by atoms with E-state index in [-0.39, 0.29) is 18.1 Å². The maximum Gasteiger partial charge on any atom is 0.323 e. The van der Waals surface area contributed by atoms with Crippen molar-refractivity contribution in [2.75, 3.05) is 7.05 Å². The molecule has 0 aliphatic carbocycles. The summed E-state index contributed by atoms with van der Waals surface area (Å²) < 4.78 is 4.90. The average molecular weight is 145 g/mol. The lowest BCUT2D eigenvalue weighted by Gasteiger charge is -2.12. The van der Waals surface area contributed by atoms with E-state index in [1.165, 1.54) is 0 Å². The van der Waals surface area contributed by atoms with Gasteiger partial charge in [0.1, 0.15) is 6.04 Å². The Morgan fingerprint density at radius 1 is 1.40 bits per heavy atom. The van der Waals surface area contributed by atoms with Crippen molar-refractivity contribution in [3.8, 4) is 0 Å². The van der Waals surface area contributed by atoms with Gasteiger partial charge in [-0.15, -0.1) is 0 Å². The van der Waals surface area contributed by atoms with E-state index in [9.17, 15) is 4.79 Å². The van der Waals surface area contributed by atoms with Gasteiger partial charge in [0.05, 0.1) is 6.10 Å². The largest absolute Gasteiger partial charge is 0.462 e. The minimum absolute atomic E-state index is 0.0247. The molecule has 0 rings (SSSR count). The zero-order chi connectivity index (χ0) is 8.15. The zero-order valence-electron chi connectivity index (χ0n) is 6.97. The molecule has 0 saturated carbocycles. The summed E-state index contributed by atoms with van der Waals surface area (Å²) in [5.41, 5.74) is 0. The standard InChI is InChI=1S/C7H15NO2/c1-5(2)10-7(9)6(3)8-4/h5-6,8H,1-4H3/t6-/m0/s1. The van der Waals surface area contributed by atoms with Gasteiger partial charge in [-0.25, -0.2) is 0 Å². The molecule has 0 aromatic heterocycles. The van der Waals surface area contributed by atoms with Crippen LogP contribution in [0.25, 0.3) is 0 Å². The predicted octanol–water partition coefficient (Wildman–Crippen LogP) is 0.546. The molecule has 1 N–H and O–H groups in total. The van der Waals surface area contributed by atoms with Crippen molar-refractivity contribution < 1.29 is 9.53 Å². The van der Waals surface area contributed by atoms with Crippen LogP contribution in [0.15, 0.2) is 0 Å². The van der Waals surface area contributed by atoms with Crippen molar-refractivity contribution in [1.29, 1.82) is 0 Å². The van der Waals surface area contributed by atoms with Gasteiger partial charge in [-0.1, -0.05) is 0 Å². The Kier molecular flexibility index (Phi) is 4.03. The lowest BCUT2D eigenvalue weighted by Crippen LogP contribution is -2.33. The van der Waals surface area contributed by atoms with Crippen LogP contribution in [-0.4, -0.2) is 25.2 Å². The highest BCUT2D eigenvalue weighted by atomic mass is 16.5. The highest BCUT2D eigenvalue weighted by Crippen LogP contribution is 1.92. The van der Waals surface area contributed by atoms with Crippen LogP contribution < -0.4 is 5.32 Å². The van der Waals surface area contributed by atoms with Crippen molar-refractivity contribution in [2.45, 2.75) is 32.9 Å². The molecule has 1 atom stereocenters. The van der Waals surface area contributed by atoms with E-state index in [1.807, 2.05) is 13.8 Å². The Bertz CT molecular complexity index is 112.